The number of hydrogen-bond acceptors (Lipinski definition) is 3. The third kappa shape index (κ3) is 2.05. The number of rotatable bonds is 3. The van der Waals surface area contributed by atoms with Crippen LogP contribution in [0.5, 0.6) is 0 Å². The number of nitrogens with zero attached hydrogens (tertiary/aromatic N) is 1. The third-order valence-corrected chi connectivity index (χ3v) is 2.34. The molecule has 0 radical (unpaired) electrons. The maximum atomic E-state index is 11.3. The minimum atomic E-state index is -0.291. The SMILES string of the molecule is NCCCc1[nH]c(=O)nc2ccccc12. The van der Waals surface area contributed by atoms with Crippen LogP contribution in [-0.2, 0) is 6.42 Å². The van der Waals surface area contributed by atoms with Crippen LogP contribution in [0, 0.1) is 0 Å². The van der Waals surface area contributed by atoms with Gasteiger partial charge in [-0.1, -0.05) is 18.2 Å². The number of aromatic nitrogens is 2. The molecule has 0 atom stereocenters. The molecule has 0 aliphatic carbocycles. The Morgan fingerprint density at radius 1 is 1.33 bits per heavy atom. The molecule has 4 nitrogen and oxygen atoms in total. The zero-order valence-electron chi connectivity index (χ0n) is 8.36. The zero-order valence-corrected chi connectivity index (χ0v) is 8.36. The van der Waals surface area contributed by atoms with Gasteiger partial charge in [-0.15, -0.1) is 0 Å². The molecule has 0 fully saturated rings. The van der Waals surface area contributed by atoms with E-state index in [4.69, 9.17) is 5.73 Å². The maximum absolute atomic E-state index is 11.3. The molecule has 0 unspecified atom stereocenters. The molecule has 0 saturated heterocycles. The Morgan fingerprint density at radius 2 is 2.13 bits per heavy atom. The fourth-order valence-electron chi connectivity index (χ4n) is 1.64. The Hall–Kier alpha value is -1.68. The van der Waals surface area contributed by atoms with Gasteiger partial charge in [-0.3, -0.25) is 0 Å². The average Bonchev–Trinajstić information content (AvgIpc) is 2.25. The summed E-state index contributed by atoms with van der Waals surface area (Å²) in [5, 5.41) is 1.01. The van der Waals surface area contributed by atoms with E-state index in [2.05, 4.69) is 9.97 Å². The summed E-state index contributed by atoms with van der Waals surface area (Å²) in [5.74, 6) is 0. The van der Waals surface area contributed by atoms with E-state index >= 15 is 0 Å². The van der Waals surface area contributed by atoms with Crippen LogP contribution in [0.1, 0.15) is 12.1 Å². The van der Waals surface area contributed by atoms with Gasteiger partial charge in [0.15, 0.2) is 0 Å². The quantitative estimate of drug-likeness (QED) is 0.775. The Bertz CT molecular complexity index is 518. The van der Waals surface area contributed by atoms with Crippen molar-refractivity contribution in [2.75, 3.05) is 6.54 Å². The lowest BCUT2D eigenvalue weighted by Gasteiger charge is -2.04. The molecule has 15 heavy (non-hydrogen) atoms. The molecule has 0 bridgehead atoms. The molecule has 1 aromatic carbocycles. The van der Waals surface area contributed by atoms with E-state index in [1.807, 2.05) is 24.3 Å². The second-order valence-corrected chi connectivity index (χ2v) is 3.43. The Balaban J connectivity index is 2.55. The summed E-state index contributed by atoms with van der Waals surface area (Å²) in [4.78, 5) is 17.9. The predicted octanol–water partition coefficient (Wildman–Crippen LogP) is 0.814. The third-order valence-electron chi connectivity index (χ3n) is 2.34. The first-order valence-electron chi connectivity index (χ1n) is 4.99. The number of para-hydroxylation sites is 1. The summed E-state index contributed by atoms with van der Waals surface area (Å²) in [5.41, 5.74) is 6.83. The highest BCUT2D eigenvalue weighted by Gasteiger charge is 2.02. The van der Waals surface area contributed by atoms with E-state index in [-0.39, 0.29) is 5.69 Å². The lowest BCUT2D eigenvalue weighted by molar-refractivity contribution is 0.808. The van der Waals surface area contributed by atoms with Crippen LogP contribution in [0.4, 0.5) is 0 Å². The number of nitrogens with one attached hydrogen (secondary N) is 1. The van der Waals surface area contributed by atoms with E-state index in [1.54, 1.807) is 0 Å². The van der Waals surface area contributed by atoms with Crippen molar-refractivity contribution in [2.45, 2.75) is 12.8 Å². The van der Waals surface area contributed by atoms with Crippen LogP contribution in [0.2, 0.25) is 0 Å². The summed E-state index contributed by atoms with van der Waals surface area (Å²) < 4.78 is 0. The van der Waals surface area contributed by atoms with Crippen LogP contribution < -0.4 is 11.4 Å². The van der Waals surface area contributed by atoms with Gasteiger partial charge < -0.3 is 10.7 Å². The number of aromatic amines is 1. The van der Waals surface area contributed by atoms with E-state index in [0.717, 1.165) is 29.4 Å². The molecule has 0 spiro atoms. The van der Waals surface area contributed by atoms with Gasteiger partial charge in [0.1, 0.15) is 0 Å². The summed E-state index contributed by atoms with van der Waals surface area (Å²) >= 11 is 0. The molecule has 3 N–H and O–H groups in total. The molecule has 4 heteroatoms. The highest BCUT2D eigenvalue weighted by atomic mass is 16.1. The van der Waals surface area contributed by atoms with Crippen molar-refractivity contribution in [2.24, 2.45) is 5.73 Å². The Kier molecular flexibility index (Phi) is 2.78. The summed E-state index contributed by atoms with van der Waals surface area (Å²) in [6, 6.07) is 7.62. The van der Waals surface area contributed by atoms with Gasteiger partial charge in [0, 0.05) is 11.1 Å². The van der Waals surface area contributed by atoms with E-state index in [0.29, 0.717) is 6.54 Å². The van der Waals surface area contributed by atoms with Crippen molar-refractivity contribution in [3.05, 3.63) is 40.4 Å². The topological polar surface area (TPSA) is 71.8 Å². The molecular formula is C11H13N3O. The van der Waals surface area contributed by atoms with Crippen LogP contribution in [-0.4, -0.2) is 16.5 Å². The number of H-pyrrole nitrogens is 1. The highest BCUT2D eigenvalue weighted by Crippen LogP contribution is 2.13. The van der Waals surface area contributed by atoms with Crippen molar-refractivity contribution in [1.29, 1.82) is 0 Å². The van der Waals surface area contributed by atoms with Gasteiger partial charge in [0.25, 0.3) is 0 Å². The lowest BCUT2D eigenvalue weighted by atomic mass is 10.1. The van der Waals surface area contributed by atoms with E-state index in [9.17, 15) is 4.79 Å². The minimum absolute atomic E-state index is 0.291. The fourth-order valence-corrected chi connectivity index (χ4v) is 1.64. The monoisotopic (exact) mass is 203 g/mol. The smallest absolute Gasteiger partial charge is 0.330 e. The number of benzene rings is 1. The Morgan fingerprint density at radius 3 is 2.93 bits per heavy atom. The molecule has 0 amide bonds. The standard InChI is InChI=1S/C11H13N3O/c12-7-3-6-10-8-4-1-2-5-9(8)13-11(15)14-10/h1-2,4-5H,3,6-7,12H2,(H,13,14,15). The summed E-state index contributed by atoms with van der Waals surface area (Å²) in [7, 11) is 0. The van der Waals surface area contributed by atoms with Crippen LogP contribution >= 0.6 is 0 Å². The van der Waals surface area contributed by atoms with E-state index in [1.165, 1.54) is 0 Å². The van der Waals surface area contributed by atoms with Gasteiger partial charge >= 0.3 is 5.69 Å². The van der Waals surface area contributed by atoms with Crippen molar-refractivity contribution in [1.82, 2.24) is 9.97 Å². The number of fused-ring (bicyclic) bond motifs is 1. The minimum Gasteiger partial charge on any atom is -0.330 e. The van der Waals surface area contributed by atoms with Gasteiger partial charge in [-0.25, -0.2) is 4.79 Å². The van der Waals surface area contributed by atoms with Gasteiger partial charge in [0.2, 0.25) is 0 Å². The van der Waals surface area contributed by atoms with Crippen molar-refractivity contribution in [3.63, 3.8) is 0 Å². The van der Waals surface area contributed by atoms with Crippen molar-refractivity contribution >= 4 is 10.9 Å². The van der Waals surface area contributed by atoms with Gasteiger partial charge in [-0.05, 0) is 25.5 Å². The van der Waals surface area contributed by atoms with Crippen LogP contribution in [0.3, 0.4) is 0 Å². The average molecular weight is 203 g/mol. The first kappa shape index (κ1) is 9.86. The molecule has 1 heterocycles. The molecule has 78 valence electrons. The maximum Gasteiger partial charge on any atom is 0.345 e. The fraction of sp³-hybridized carbons (Fsp3) is 0.273. The first-order chi connectivity index (χ1) is 7.31. The normalized spacial score (nSPS) is 10.7. The summed E-state index contributed by atoms with van der Waals surface area (Å²) in [6.45, 7) is 0.624. The zero-order chi connectivity index (χ0) is 10.7. The van der Waals surface area contributed by atoms with E-state index < -0.39 is 0 Å². The van der Waals surface area contributed by atoms with Gasteiger partial charge in [-0.2, -0.15) is 4.98 Å². The van der Waals surface area contributed by atoms with Crippen LogP contribution in [0.25, 0.3) is 10.9 Å². The predicted molar refractivity (Wildman–Crippen MR) is 59.7 cm³/mol. The largest absolute Gasteiger partial charge is 0.345 e. The second kappa shape index (κ2) is 4.23. The van der Waals surface area contributed by atoms with Crippen molar-refractivity contribution < 1.29 is 0 Å². The van der Waals surface area contributed by atoms with Crippen LogP contribution in [0.15, 0.2) is 29.1 Å². The summed E-state index contributed by atoms with van der Waals surface area (Å²) in [6.07, 6.45) is 1.65. The number of aryl methyl sites for hydroxylation is 1. The second-order valence-electron chi connectivity index (χ2n) is 3.43. The molecule has 0 aliphatic heterocycles. The molecular weight excluding hydrogens is 190 g/mol. The lowest BCUT2D eigenvalue weighted by Crippen LogP contribution is -2.14. The van der Waals surface area contributed by atoms with Gasteiger partial charge in [0.05, 0.1) is 5.52 Å². The number of hydrogen-bond donors (Lipinski definition) is 2. The highest BCUT2D eigenvalue weighted by molar-refractivity contribution is 5.80. The molecule has 0 saturated carbocycles. The molecule has 0 aliphatic rings. The molecule has 1 aromatic heterocycles. The van der Waals surface area contributed by atoms with Crippen molar-refractivity contribution in [3.8, 4) is 0 Å². The molecule has 2 rings (SSSR count). The molecule has 2 aromatic rings. The first-order valence-corrected chi connectivity index (χ1v) is 4.99. The number of nitrogens with two attached hydrogens (primary N) is 1. The Labute approximate surface area is 87.1 Å².